The number of phenols is 2. The number of aryl methyl sites for hydroxylation is 3. The first kappa shape index (κ1) is 107. The number of aromatic hydroxyl groups is 2. The van der Waals surface area contributed by atoms with E-state index in [1.807, 2.05) is 207 Å². The topological polar surface area (TPSA) is 328 Å². The van der Waals surface area contributed by atoms with Crippen molar-refractivity contribution in [3.63, 3.8) is 0 Å². The highest BCUT2D eigenvalue weighted by Gasteiger charge is 2.46. The molecule has 4 heterocycles. The number of carbonyl (C=O) groups excluding carboxylic acids is 7. The minimum atomic E-state index is -0.893. The molecule has 0 bridgehead atoms. The zero-order valence-corrected chi connectivity index (χ0v) is 83.1. The van der Waals surface area contributed by atoms with E-state index in [-0.39, 0.29) is 105 Å². The van der Waals surface area contributed by atoms with Gasteiger partial charge in [-0.15, -0.1) is 22.7 Å². The van der Waals surface area contributed by atoms with Crippen molar-refractivity contribution in [1.82, 2.24) is 40.6 Å². The van der Waals surface area contributed by atoms with Crippen molar-refractivity contribution >= 4 is 92.0 Å². The van der Waals surface area contributed by atoms with E-state index in [2.05, 4.69) is 88.3 Å². The van der Waals surface area contributed by atoms with E-state index in [1.54, 1.807) is 58.9 Å². The van der Waals surface area contributed by atoms with Crippen molar-refractivity contribution < 1.29 is 73.4 Å². The molecule has 2 saturated heterocycles. The highest BCUT2D eigenvalue weighted by Crippen LogP contribution is 2.41. The van der Waals surface area contributed by atoms with Crippen LogP contribution in [0.25, 0.3) is 43.2 Å². The summed E-state index contributed by atoms with van der Waals surface area (Å²) in [7, 11) is 3.69. The molecule has 2 fully saturated rings. The molecule has 2 aromatic heterocycles. The molecule has 10 aromatic rings. The lowest BCUT2D eigenvalue weighted by molar-refractivity contribution is -0.146. The minimum absolute atomic E-state index is 0.00361. The number of amides is 5. The Balaban J connectivity index is 0.000000236. The van der Waals surface area contributed by atoms with Gasteiger partial charge in [0.1, 0.15) is 54.1 Å². The third-order valence-electron chi connectivity index (χ3n) is 25.1. The summed E-state index contributed by atoms with van der Waals surface area (Å²) in [4.78, 5) is 120. The number of β-amino-alcohol motifs (C(OH)–C–C–N with tert-alkyl or cyclic N) is 2. The quantitative estimate of drug-likeness (QED) is 0.0130. The fourth-order valence-corrected chi connectivity index (χ4v) is 18.9. The number of likely N-dealkylation sites (tertiary alicyclic amines) is 2. The standard InChI is InChI=1S/C55H67N5O7S.C32H44N2O6S.C25H27NO2/c1-7-46(39-15-11-10-12-16-39)50(40-23-27-43(61)28-24-40)41-25-29-45(30-26-41)67-32-31-59(6)49(64)18-14-9-8-13-17-48(63)58-52(55(3,4)5)54(66)60-35-44(62)33-47(60)53(65)56-34-38-19-21-42(22-20-38)51-37(2)57-36-68-51;1-21-30(41-20-33-21)23-14-11-22(12-15-23)13-16-28(37)27-18-25(36)19-34(27)31(40)26(32(2,3)4)17-24(35)9-7-5-6-8-10-29(38)39;1-3-24(19-7-5-4-6-8-19)25(20-9-13-22(27)14-10-20)21-11-15-23(16-12-21)28-18-17-26-2/h10-12,15-16,19-30,36,44,47,52,61-62H,7-9,13-14,17-18,31-35H2,1-6H3,(H,56,65)(H,58,63);11-12,14-15,20,25-27,36H,5-10,13,16-19H2,1-4H3,(H,38,39);4-16,26-27H,3,17-18H2,1-2H3/t44-,47+,52-;25-,26-,27+;/m11./s1. The second kappa shape index (κ2) is 52.9. The van der Waals surface area contributed by atoms with Crippen molar-refractivity contribution in [3.8, 4) is 43.9 Å². The Hall–Kier alpha value is -12.3. The number of aromatic nitrogens is 2. The first-order valence-corrected chi connectivity index (χ1v) is 49.8. The number of hydrogen-bond acceptors (Lipinski definition) is 19. The Morgan fingerprint density at radius 3 is 1.39 bits per heavy atom. The summed E-state index contributed by atoms with van der Waals surface area (Å²) in [5, 5.41) is 58.4. The maximum Gasteiger partial charge on any atom is 0.303 e. The van der Waals surface area contributed by atoms with Gasteiger partial charge in [0, 0.05) is 90.5 Å². The molecule has 0 saturated carbocycles. The number of unbranched alkanes of at least 4 members (excludes halogenated alkanes) is 6. The molecule has 728 valence electrons. The van der Waals surface area contributed by atoms with Gasteiger partial charge >= 0.3 is 5.97 Å². The van der Waals surface area contributed by atoms with E-state index < -0.39 is 59.0 Å². The minimum Gasteiger partial charge on any atom is -0.508 e. The Labute approximate surface area is 816 Å². The predicted octanol–water partition coefficient (Wildman–Crippen LogP) is 20.2. The molecule has 12 rings (SSSR count). The molecule has 23 nitrogen and oxygen atoms in total. The molecule has 2 aliphatic heterocycles. The van der Waals surface area contributed by atoms with Gasteiger partial charge in [0.15, 0.2) is 5.78 Å². The number of thiazole rings is 2. The lowest BCUT2D eigenvalue weighted by Crippen LogP contribution is -2.57. The highest BCUT2D eigenvalue weighted by molar-refractivity contribution is 7.13. The molecule has 8 aromatic carbocycles. The van der Waals surface area contributed by atoms with Crippen molar-refractivity contribution in [2.24, 2.45) is 16.7 Å². The molecule has 137 heavy (non-hydrogen) atoms. The smallest absolute Gasteiger partial charge is 0.303 e. The molecule has 0 unspecified atom stereocenters. The lowest BCUT2D eigenvalue weighted by Gasteiger charge is -2.35. The van der Waals surface area contributed by atoms with E-state index in [0.717, 1.165) is 128 Å². The third-order valence-corrected chi connectivity index (χ3v) is 27.0. The number of allylic oxidation sites excluding steroid dienone is 2. The van der Waals surface area contributed by atoms with Gasteiger partial charge in [-0.1, -0.05) is 239 Å². The number of nitrogens with zero attached hydrogens (tertiary/aromatic N) is 5. The number of rotatable bonds is 44. The first-order valence-electron chi connectivity index (χ1n) is 48.0. The molecule has 0 aliphatic carbocycles. The average Bonchev–Trinajstić information content (AvgIpc) is 1.78. The van der Waals surface area contributed by atoms with Crippen molar-refractivity contribution in [2.75, 3.05) is 53.5 Å². The highest BCUT2D eigenvalue weighted by atomic mass is 32.1. The molecule has 0 spiro atoms. The number of ether oxygens (including phenoxy) is 2. The van der Waals surface area contributed by atoms with E-state index in [0.29, 0.717) is 70.5 Å². The summed E-state index contributed by atoms with van der Waals surface area (Å²) < 4.78 is 11.8. The molecule has 8 N–H and O–H groups in total. The van der Waals surface area contributed by atoms with Gasteiger partial charge in [-0.2, -0.15) is 0 Å². The number of aliphatic carboxylic acids is 1. The number of carbonyl (C=O) groups is 8. The van der Waals surface area contributed by atoms with E-state index in [1.165, 1.54) is 32.1 Å². The van der Waals surface area contributed by atoms with Crippen LogP contribution in [-0.4, -0.2) is 181 Å². The molecule has 2 aliphatic rings. The average molecular weight is 1900 g/mol. The number of benzene rings is 8. The van der Waals surface area contributed by atoms with Crippen LogP contribution >= 0.6 is 22.7 Å². The van der Waals surface area contributed by atoms with Crippen LogP contribution in [0, 0.1) is 30.6 Å². The van der Waals surface area contributed by atoms with Gasteiger partial charge in [-0.3, -0.25) is 38.4 Å². The molecular formula is C112H138N8O15S2. The van der Waals surface area contributed by atoms with Crippen molar-refractivity contribution in [3.05, 3.63) is 273 Å². The molecular weight excluding hydrogens is 1760 g/mol. The van der Waals surface area contributed by atoms with Gasteiger partial charge in [0.25, 0.3) is 0 Å². The summed E-state index contributed by atoms with van der Waals surface area (Å²) in [6.07, 6.45) is 8.05. The number of likely N-dealkylation sites (N-methyl/N-ethyl adjacent to an activating group) is 2. The van der Waals surface area contributed by atoms with Gasteiger partial charge in [-0.05, 0) is 203 Å². The number of aliphatic hydroxyl groups is 2. The summed E-state index contributed by atoms with van der Waals surface area (Å²) >= 11 is 3.17. The zero-order chi connectivity index (χ0) is 98.7. The first-order chi connectivity index (χ1) is 65.7. The van der Waals surface area contributed by atoms with Crippen LogP contribution in [0.5, 0.6) is 23.0 Å². The van der Waals surface area contributed by atoms with Crippen LogP contribution in [0.1, 0.15) is 227 Å². The zero-order valence-electron chi connectivity index (χ0n) is 81.5. The number of nitrogens with one attached hydrogen (secondary N) is 3. The van der Waals surface area contributed by atoms with E-state index in [4.69, 9.17) is 14.6 Å². The monoisotopic (exact) mass is 1900 g/mol. The van der Waals surface area contributed by atoms with Crippen LogP contribution < -0.4 is 25.4 Å². The number of carboxylic acids is 1. The number of carboxylic acid groups (broad SMARTS) is 1. The van der Waals surface area contributed by atoms with Crippen LogP contribution in [0.4, 0.5) is 0 Å². The van der Waals surface area contributed by atoms with Crippen LogP contribution in [-0.2, 0) is 51.3 Å². The summed E-state index contributed by atoms with van der Waals surface area (Å²) in [6.45, 7) is 22.3. The molecule has 5 amide bonds. The van der Waals surface area contributed by atoms with Crippen LogP contribution in [0.15, 0.2) is 217 Å². The second-order valence-electron chi connectivity index (χ2n) is 37.6. The largest absolute Gasteiger partial charge is 0.508 e. The molecule has 0 radical (unpaired) electrons. The van der Waals surface area contributed by atoms with Gasteiger partial charge in [-0.25, -0.2) is 9.97 Å². The van der Waals surface area contributed by atoms with E-state index >= 15 is 0 Å². The number of phenolic OH excluding ortho intramolecular Hbond substituents is 2. The predicted molar refractivity (Wildman–Crippen MR) is 546 cm³/mol. The Morgan fingerprint density at radius 2 is 0.942 bits per heavy atom. The van der Waals surface area contributed by atoms with Crippen molar-refractivity contribution in [2.45, 2.75) is 228 Å². The maximum absolute atomic E-state index is 14.0. The fraction of sp³-hybridized carbons (Fsp3) is 0.411. The Bertz CT molecular complexity index is 5610. The number of ketones is 2. The van der Waals surface area contributed by atoms with E-state index in [9.17, 15) is 58.8 Å². The summed E-state index contributed by atoms with van der Waals surface area (Å²) in [5.74, 6) is -0.635. The Morgan fingerprint density at radius 1 is 0.504 bits per heavy atom. The van der Waals surface area contributed by atoms with Gasteiger partial charge in [0.05, 0.1) is 57.0 Å². The van der Waals surface area contributed by atoms with Gasteiger partial charge in [0.2, 0.25) is 29.5 Å². The number of Topliss-reactive ketones (excluding diaryl/α,β-unsaturated/α-hetero) is 2. The summed E-state index contributed by atoms with van der Waals surface area (Å²) in [6, 6.07) is 65.3. The maximum atomic E-state index is 14.0. The Kier molecular flexibility index (Phi) is 41.2. The fourth-order valence-electron chi connectivity index (χ4n) is 17.3. The van der Waals surface area contributed by atoms with Crippen molar-refractivity contribution in [1.29, 1.82) is 0 Å². The normalized spacial score (nSPS) is 15.5. The third kappa shape index (κ3) is 32.2. The number of aliphatic hydroxyl groups excluding tert-OH is 2. The van der Waals surface area contributed by atoms with Gasteiger partial charge < -0.3 is 65.7 Å². The number of hydrogen-bond donors (Lipinski definition) is 8. The molecule has 6 atom stereocenters. The lowest BCUT2D eigenvalue weighted by atomic mass is 9.76. The summed E-state index contributed by atoms with van der Waals surface area (Å²) in [5.41, 5.74) is 19.9. The second-order valence-corrected chi connectivity index (χ2v) is 39.3. The molecule has 25 heteroatoms. The van der Waals surface area contributed by atoms with Crippen LogP contribution in [0.3, 0.4) is 0 Å². The van der Waals surface area contributed by atoms with Crippen LogP contribution in [0.2, 0.25) is 0 Å². The SMILES string of the molecule is CCC(=C(c1ccc(O)cc1)c1ccc(OCCN(C)C(=O)CCCCCCC(=O)N[C@H](C(=O)N2C[C@H](O)C[C@H]2C(=O)NCc2ccc(-c3scnc3C)cc2)C(C)(C)C)cc1)c1ccccc1.CCC(=C(c1ccc(O)cc1)c1ccc(OCCNC)cc1)c1ccccc1.Cc1ncsc1-c1ccc(CCC(=O)[C@@H]2C[C@@H](O)CN2C(=O)[C@@H](CC(=O)CCCCCCC(=O)O)C(C)(C)C)cc1.